The highest BCUT2D eigenvalue weighted by Crippen LogP contribution is 2.38. The maximum Gasteiger partial charge on any atom is 0.160 e. The zero-order valence-electron chi connectivity index (χ0n) is 27.4. The molecule has 0 unspecified atom stereocenters. The molecular formula is C46H32N4. The number of rotatable bonds is 5. The number of aromatic nitrogens is 4. The van der Waals surface area contributed by atoms with Gasteiger partial charge < -0.3 is 9.13 Å². The Hall–Kier alpha value is -6.52. The van der Waals surface area contributed by atoms with E-state index in [4.69, 9.17) is 9.97 Å². The first-order valence-corrected chi connectivity index (χ1v) is 17.2. The second-order valence-electron chi connectivity index (χ2n) is 12.9. The Morgan fingerprint density at radius 3 is 1.40 bits per heavy atom. The van der Waals surface area contributed by atoms with Crippen molar-refractivity contribution in [1.29, 1.82) is 0 Å². The first-order valence-electron chi connectivity index (χ1n) is 17.2. The number of hydrogen-bond donors (Lipinski definition) is 0. The van der Waals surface area contributed by atoms with Gasteiger partial charge in [0.1, 0.15) is 0 Å². The standard InChI is InChI=1S/C46H32N4/c1-3-15-31(16-4-1)40-30-41(48-46(47-40)32-17-5-2-6-18-32)33-27-34(49-42-23-11-7-19-36(42)37-20-8-12-24-43(37)49)29-35(28-33)50-44-25-13-9-21-38(44)39-22-10-14-26-45(39)50/h2-3,5-30H,1,4H2. The molecule has 6 aromatic carbocycles. The third-order valence-corrected chi connectivity index (χ3v) is 9.92. The lowest BCUT2D eigenvalue weighted by atomic mass is 10.0. The van der Waals surface area contributed by atoms with E-state index in [2.05, 4.69) is 161 Å². The average Bonchev–Trinajstić information content (AvgIpc) is 3.71. The van der Waals surface area contributed by atoms with Crippen LogP contribution < -0.4 is 0 Å². The van der Waals surface area contributed by atoms with E-state index in [1.165, 1.54) is 43.6 Å². The van der Waals surface area contributed by atoms with Crippen molar-refractivity contribution >= 4 is 49.2 Å². The van der Waals surface area contributed by atoms with Gasteiger partial charge >= 0.3 is 0 Å². The molecule has 10 rings (SSSR count). The Morgan fingerprint density at radius 2 is 0.900 bits per heavy atom. The Kier molecular flexibility index (Phi) is 6.59. The number of nitrogens with zero attached hydrogens (tertiary/aromatic N) is 4. The Balaban J connectivity index is 1.30. The van der Waals surface area contributed by atoms with Gasteiger partial charge in [0.25, 0.3) is 0 Å². The van der Waals surface area contributed by atoms with E-state index < -0.39 is 0 Å². The van der Waals surface area contributed by atoms with Crippen LogP contribution in [0.5, 0.6) is 0 Å². The largest absolute Gasteiger partial charge is 0.309 e. The zero-order valence-corrected chi connectivity index (χ0v) is 27.4. The first kappa shape index (κ1) is 28.5. The fraction of sp³-hybridized carbons (Fsp3) is 0.0435. The normalized spacial score (nSPS) is 13.1. The summed E-state index contributed by atoms with van der Waals surface area (Å²) in [5.74, 6) is 0.721. The smallest absolute Gasteiger partial charge is 0.160 e. The van der Waals surface area contributed by atoms with Crippen LogP contribution in [0.4, 0.5) is 0 Å². The molecule has 0 aliphatic heterocycles. The quantitative estimate of drug-likeness (QED) is 0.188. The van der Waals surface area contributed by atoms with Crippen LogP contribution in [0, 0.1) is 0 Å². The van der Waals surface area contributed by atoms with Crippen LogP contribution in [-0.2, 0) is 0 Å². The van der Waals surface area contributed by atoms with Crippen molar-refractivity contribution in [1.82, 2.24) is 19.1 Å². The number of benzene rings is 6. The lowest BCUT2D eigenvalue weighted by Crippen LogP contribution is -2.02. The highest BCUT2D eigenvalue weighted by molar-refractivity contribution is 6.10. The van der Waals surface area contributed by atoms with Crippen molar-refractivity contribution in [3.63, 3.8) is 0 Å². The van der Waals surface area contributed by atoms with Crippen LogP contribution in [0.3, 0.4) is 0 Å². The molecule has 4 nitrogen and oxygen atoms in total. The summed E-state index contributed by atoms with van der Waals surface area (Å²) in [6.07, 6.45) is 8.78. The molecule has 0 fully saturated rings. The van der Waals surface area contributed by atoms with Crippen LogP contribution in [0.25, 0.3) is 83.2 Å². The summed E-state index contributed by atoms with van der Waals surface area (Å²) in [4.78, 5) is 10.4. The average molecular weight is 641 g/mol. The third-order valence-electron chi connectivity index (χ3n) is 9.92. The van der Waals surface area contributed by atoms with E-state index in [9.17, 15) is 0 Å². The maximum absolute atomic E-state index is 5.28. The molecule has 236 valence electrons. The number of allylic oxidation sites excluding steroid dienone is 4. The third kappa shape index (κ3) is 4.61. The van der Waals surface area contributed by atoms with E-state index in [1.54, 1.807) is 0 Å². The summed E-state index contributed by atoms with van der Waals surface area (Å²) < 4.78 is 4.80. The Morgan fingerprint density at radius 1 is 0.420 bits per heavy atom. The van der Waals surface area contributed by atoms with Crippen LogP contribution >= 0.6 is 0 Å². The predicted molar refractivity (Wildman–Crippen MR) is 208 cm³/mol. The lowest BCUT2D eigenvalue weighted by Gasteiger charge is -2.17. The Labute approximate surface area is 289 Å². The minimum absolute atomic E-state index is 0.721. The van der Waals surface area contributed by atoms with E-state index in [0.717, 1.165) is 58.1 Å². The minimum atomic E-state index is 0.721. The van der Waals surface area contributed by atoms with Gasteiger partial charge in [-0.15, -0.1) is 0 Å². The van der Waals surface area contributed by atoms with Gasteiger partial charge in [-0.05, 0) is 66.9 Å². The molecule has 0 atom stereocenters. The van der Waals surface area contributed by atoms with Gasteiger partial charge in [0.15, 0.2) is 5.82 Å². The van der Waals surface area contributed by atoms with E-state index in [-0.39, 0.29) is 0 Å². The molecule has 1 aliphatic rings. The van der Waals surface area contributed by atoms with Crippen LogP contribution in [-0.4, -0.2) is 19.1 Å². The summed E-state index contributed by atoms with van der Waals surface area (Å²) in [5.41, 5.74) is 11.8. The molecule has 0 radical (unpaired) electrons. The maximum atomic E-state index is 5.28. The fourth-order valence-electron chi connectivity index (χ4n) is 7.67. The van der Waals surface area contributed by atoms with Gasteiger partial charge in [0, 0.05) is 44.0 Å². The number of fused-ring (bicyclic) bond motifs is 6. The molecule has 0 bridgehead atoms. The lowest BCUT2D eigenvalue weighted by molar-refractivity contribution is 1.03. The predicted octanol–water partition coefficient (Wildman–Crippen LogP) is 11.7. The summed E-state index contributed by atoms with van der Waals surface area (Å²) in [5, 5.41) is 4.94. The molecule has 0 amide bonds. The Bertz CT molecular complexity index is 2580. The molecule has 0 saturated heterocycles. The fourth-order valence-corrected chi connectivity index (χ4v) is 7.67. The highest BCUT2D eigenvalue weighted by atomic mass is 15.0. The zero-order chi connectivity index (χ0) is 33.0. The molecule has 0 N–H and O–H groups in total. The summed E-state index contributed by atoms with van der Waals surface area (Å²) >= 11 is 0. The van der Waals surface area contributed by atoms with Crippen molar-refractivity contribution in [2.45, 2.75) is 12.8 Å². The van der Waals surface area contributed by atoms with Gasteiger partial charge in [-0.3, -0.25) is 0 Å². The summed E-state index contributed by atoms with van der Waals surface area (Å²) in [7, 11) is 0. The van der Waals surface area contributed by atoms with Gasteiger partial charge in [-0.2, -0.15) is 0 Å². The first-order chi connectivity index (χ1) is 24.8. The van der Waals surface area contributed by atoms with Gasteiger partial charge in [0.2, 0.25) is 0 Å². The topological polar surface area (TPSA) is 35.6 Å². The highest BCUT2D eigenvalue weighted by Gasteiger charge is 2.19. The molecule has 3 heterocycles. The van der Waals surface area contributed by atoms with Gasteiger partial charge in [-0.1, -0.05) is 121 Å². The minimum Gasteiger partial charge on any atom is -0.309 e. The van der Waals surface area contributed by atoms with Crippen molar-refractivity contribution < 1.29 is 0 Å². The van der Waals surface area contributed by atoms with Gasteiger partial charge in [-0.25, -0.2) is 9.97 Å². The molecule has 0 saturated carbocycles. The van der Waals surface area contributed by atoms with Crippen molar-refractivity contribution in [2.75, 3.05) is 0 Å². The van der Waals surface area contributed by atoms with Crippen molar-refractivity contribution in [3.8, 4) is 34.0 Å². The van der Waals surface area contributed by atoms with Crippen molar-refractivity contribution in [3.05, 3.63) is 176 Å². The van der Waals surface area contributed by atoms with E-state index in [1.807, 2.05) is 18.2 Å². The molecule has 4 heteroatoms. The molecule has 9 aromatic rings. The summed E-state index contributed by atoms with van der Waals surface area (Å²) in [6, 6.07) is 54.2. The van der Waals surface area contributed by atoms with Crippen LogP contribution in [0.15, 0.2) is 170 Å². The van der Waals surface area contributed by atoms with Crippen LogP contribution in [0.2, 0.25) is 0 Å². The number of hydrogen-bond acceptors (Lipinski definition) is 2. The summed E-state index contributed by atoms with van der Waals surface area (Å²) in [6.45, 7) is 0. The van der Waals surface area contributed by atoms with Crippen LogP contribution in [0.1, 0.15) is 18.5 Å². The molecule has 1 aliphatic carbocycles. The monoisotopic (exact) mass is 640 g/mol. The van der Waals surface area contributed by atoms with Crippen molar-refractivity contribution in [2.24, 2.45) is 0 Å². The number of para-hydroxylation sites is 4. The molecule has 0 spiro atoms. The van der Waals surface area contributed by atoms with Gasteiger partial charge in [0.05, 0.1) is 33.5 Å². The molecule has 50 heavy (non-hydrogen) atoms. The van der Waals surface area contributed by atoms with E-state index in [0.29, 0.717) is 0 Å². The SMILES string of the molecule is C1=CC(c2cc(-c3cc(-n4c5ccccc5c5ccccc54)cc(-n4c5ccccc5c5ccccc54)c3)nc(-c3ccccc3)n2)=CCC1. The second kappa shape index (κ2) is 11.6. The second-order valence-corrected chi connectivity index (χ2v) is 12.9. The molecular weight excluding hydrogens is 609 g/mol. The van der Waals surface area contributed by atoms with E-state index >= 15 is 0 Å². The molecule has 3 aromatic heterocycles.